The Labute approximate surface area is 106 Å². The summed E-state index contributed by atoms with van der Waals surface area (Å²) in [7, 11) is 0. The number of rotatable bonds is 3. The first kappa shape index (κ1) is 12.3. The number of hydrogen-bond acceptors (Lipinski definition) is 3. The molecule has 0 spiro atoms. The van der Waals surface area contributed by atoms with Gasteiger partial charge in [-0.25, -0.2) is 4.98 Å². The van der Waals surface area contributed by atoms with Crippen LogP contribution in [0.4, 0.5) is 0 Å². The highest BCUT2D eigenvalue weighted by Gasteiger charge is 2.23. The van der Waals surface area contributed by atoms with Crippen molar-refractivity contribution in [3.8, 4) is 11.3 Å². The van der Waals surface area contributed by atoms with Gasteiger partial charge in [-0.15, -0.1) is 11.3 Å². The van der Waals surface area contributed by atoms with Crippen LogP contribution in [-0.4, -0.2) is 16.7 Å². The Morgan fingerprint density at radius 3 is 2.47 bits per heavy atom. The van der Waals surface area contributed by atoms with Gasteiger partial charge in [0.2, 0.25) is 0 Å². The Hall–Kier alpha value is -1.19. The second kappa shape index (κ2) is 4.59. The van der Waals surface area contributed by atoms with Crippen molar-refractivity contribution in [1.29, 1.82) is 0 Å². The van der Waals surface area contributed by atoms with E-state index in [1.54, 1.807) is 11.3 Å². The van der Waals surface area contributed by atoms with Crippen LogP contribution in [0, 0.1) is 6.92 Å². The maximum atomic E-state index is 9.33. The molecular weight excluding hydrogens is 230 g/mol. The highest BCUT2D eigenvalue weighted by molar-refractivity contribution is 7.10. The van der Waals surface area contributed by atoms with E-state index in [4.69, 9.17) is 0 Å². The van der Waals surface area contributed by atoms with Crippen LogP contribution >= 0.6 is 11.3 Å². The topological polar surface area (TPSA) is 33.1 Å². The minimum absolute atomic E-state index is 0.119. The lowest BCUT2D eigenvalue weighted by molar-refractivity contribution is 0.218. The van der Waals surface area contributed by atoms with Crippen LogP contribution < -0.4 is 0 Å². The molecule has 2 aromatic rings. The fraction of sp³-hybridized carbons (Fsp3) is 0.357. The molecular formula is C14H17NOS. The molecule has 1 N–H and O–H groups in total. The first-order valence-electron chi connectivity index (χ1n) is 5.67. The normalized spacial score (nSPS) is 11.8. The second-order valence-corrected chi connectivity index (χ2v) is 5.80. The van der Waals surface area contributed by atoms with Gasteiger partial charge < -0.3 is 5.11 Å². The van der Waals surface area contributed by atoms with Gasteiger partial charge in [-0.1, -0.05) is 43.7 Å². The summed E-state index contributed by atoms with van der Waals surface area (Å²) in [6.07, 6.45) is 0. The number of nitrogens with zero attached hydrogens (tertiary/aromatic N) is 1. The largest absolute Gasteiger partial charge is 0.395 e. The predicted octanol–water partition coefficient (Wildman–Crippen LogP) is 3.39. The number of aryl methyl sites for hydroxylation is 1. The van der Waals surface area contributed by atoms with Crippen LogP contribution in [0.15, 0.2) is 29.6 Å². The minimum Gasteiger partial charge on any atom is -0.395 e. The summed E-state index contributed by atoms with van der Waals surface area (Å²) < 4.78 is 0. The maximum absolute atomic E-state index is 9.33. The van der Waals surface area contributed by atoms with Crippen molar-refractivity contribution in [3.05, 3.63) is 40.2 Å². The Balaban J connectivity index is 2.33. The average molecular weight is 247 g/mol. The van der Waals surface area contributed by atoms with Crippen molar-refractivity contribution in [1.82, 2.24) is 4.98 Å². The van der Waals surface area contributed by atoms with E-state index < -0.39 is 0 Å². The van der Waals surface area contributed by atoms with Crippen molar-refractivity contribution in [2.75, 3.05) is 6.61 Å². The van der Waals surface area contributed by atoms with Crippen LogP contribution in [0.25, 0.3) is 11.3 Å². The average Bonchev–Trinajstić information content (AvgIpc) is 2.80. The van der Waals surface area contributed by atoms with Gasteiger partial charge in [-0.3, -0.25) is 0 Å². The summed E-state index contributed by atoms with van der Waals surface area (Å²) in [5, 5.41) is 12.4. The van der Waals surface area contributed by atoms with E-state index in [9.17, 15) is 5.11 Å². The molecule has 0 unspecified atom stereocenters. The van der Waals surface area contributed by atoms with E-state index in [1.165, 1.54) is 5.56 Å². The van der Waals surface area contributed by atoms with Gasteiger partial charge in [0.15, 0.2) is 0 Å². The molecule has 3 heteroatoms. The Morgan fingerprint density at radius 1 is 1.24 bits per heavy atom. The van der Waals surface area contributed by atoms with E-state index >= 15 is 0 Å². The number of hydrogen-bond donors (Lipinski definition) is 1. The fourth-order valence-corrected chi connectivity index (χ4v) is 2.46. The number of aliphatic hydroxyl groups excluding tert-OH is 1. The van der Waals surface area contributed by atoms with Crippen molar-refractivity contribution < 1.29 is 5.11 Å². The van der Waals surface area contributed by atoms with Crippen molar-refractivity contribution in [2.45, 2.75) is 26.2 Å². The Bertz CT molecular complexity index is 499. The fourth-order valence-electron chi connectivity index (χ4n) is 1.51. The number of thiazole rings is 1. The monoisotopic (exact) mass is 247 g/mol. The predicted molar refractivity (Wildman–Crippen MR) is 72.4 cm³/mol. The molecule has 0 amide bonds. The number of benzene rings is 1. The quantitative estimate of drug-likeness (QED) is 0.902. The van der Waals surface area contributed by atoms with Crippen LogP contribution in [0.2, 0.25) is 0 Å². The van der Waals surface area contributed by atoms with Gasteiger partial charge in [-0.05, 0) is 6.92 Å². The summed E-state index contributed by atoms with van der Waals surface area (Å²) in [6, 6.07) is 8.34. The van der Waals surface area contributed by atoms with Crippen LogP contribution in [-0.2, 0) is 5.41 Å². The van der Waals surface area contributed by atoms with E-state index in [1.807, 2.05) is 13.8 Å². The molecule has 1 aromatic heterocycles. The highest BCUT2D eigenvalue weighted by atomic mass is 32.1. The Kier molecular flexibility index (Phi) is 3.31. The molecule has 0 saturated carbocycles. The van der Waals surface area contributed by atoms with Crippen molar-refractivity contribution >= 4 is 11.3 Å². The van der Waals surface area contributed by atoms with E-state index in [2.05, 4.69) is 41.6 Å². The molecule has 0 radical (unpaired) electrons. The molecule has 0 atom stereocenters. The molecule has 1 heterocycles. The SMILES string of the molecule is Cc1ccc(-c2csc(C(C)(C)CO)n2)cc1. The lowest BCUT2D eigenvalue weighted by atomic mass is 9.96. The van der Waals surface area contributed by atoms with Gasteiger partial charge >= 0.3 is 0 Å². The lowest BCUT2D eigenvalue weighted by Gasteiger charge is -2.17. The molecule has 1 aromatic carbocycles. The van der Waals surface area contributed by atoms with Gasteiger partial charge in [0, 0.05) is 16.4 Å². The summed E-state index contributed by atoms with van der Waals surface area (Å²) >= 11 is 1.61. The van der Waals surface area contributed by atoms with Gasteiger partial charge in [0.25, 0.3) is 0 Å². The van der Waals surface area contributed by atoms with Crippen molar-refractivity contribution in [3.63, 3.8) is 0 Å². The minimum atomic E-state index is -0.256. The van der Waals surface area contributed by atoms with Gasteiger partial charge in [0.1, 0.15) is 5.01 Å². The zero-order chi connectivity index (χ0) is 12.5. The second-order valence-electron chi connectivity index (χ2n) is 4.95. The van der Waals surface area contributed by atoms with Gasteiger partial charge in [-0.2, -0.15) is 0 Å². The smallest absolute Gasteiger partial charge is 0.101 e. The first-order chi connectivity index (χ1) is 8.03. The number of aliphatic hydroxyl groups is 1. The van der Waals surface area contributed by atoms with E-state index in [-0.39, 0.29) is 12.0 Å². The molecule has 2 rings (SSSR count). The molecule has 0 bridgehead atoms. The van der Waals surface area contributed by atoms with Crippen LogP contribution in [0.3, 0.4) is 0 Å². The first-order valence-corrected chi connectivity index (χ1v) is 6.55. The summed E-state index contributed by atoms with van der Waals surface area (Å²) in [5.74, 6) is 0. The molecule has 0 fully saturated rings. The van der Waals surface area contributed by atoms with Crippen LogP contribution in [0.5, 0.6) is 0 Å². The third kappa shape index (κ3) is 2.56. The van der Waals surface area contributed by atoms with Crippen molar-refractivity contribution in [2.24, 2.45) is 0 Å². The summed E-state index contributed by atoms with van der Waals surface area (Å²) in [4.78, 5) is 4.61. The maximum Gasteiger partial charge on any atom is 0.101 e. The summed E-state index contributed by atoms with van der Waals surface area (Å²) in [6.45, 7) is 6.20. The number of aromatic nitrogens is 1. The van der Waals surface area contributed by atoms with Gasteiger partial charge in [0.05, 0.1) is 12.3 Å². The Morgan fingerprint density at radius 2 is 1.88 bits per heavy atom. The molecule has 0 aliphatic heterocycles. The van der Waals surface area contributed by atoms with E-state index in [0.717, 1.165) is 16.3 Å². The molecule has 0 saturated heterocycles. The zero-order valence-corrected chi connectivity index (χ0v) is 11.2. The summed E-state index contributed by atoms with van der Waals surface area (Å²) in [5.41, 5.74) is 3.12. The standard InChI is InChI=1S/C14H17NOS/c1-10-4-6-11(7-5-10)12-8-17-13(15-12)14(2,3)9-16/h4-8,16H,9H2,1-3H3. The third-order valence-corrected chi connectivity index (χ3v) is 4.03. The lowest BCUT2D eigenvalue weighted by Crippen LogP contribution is -2.21. The van der Waals surface area contributed by atoms with E-state index in [0.29, 0.717) is 0 Å². The van der Waals surface area contributed by atoms with Crippen LogP contribution in [0.1, 0.15) is 24.4 Å². The third-order valence-electron chi connectivity index (χ3n) is 2.83. The molecule has 0 aliphatic rings. The molecule has 0 aliphatic carbocycles. The highest BCUT2D eigenvalue weighted by Crippen LogP contribution is 2.29. The molecule has 90 valence electrons. The molecule has 2 nitrogen and oxygen atoms in total. The molecule has 17 heavy (non-hydrogen) atoms. The zero-order valence-electron chi connectivity index (χ0n) is 10.4.